The SMILES string of the molecule is CC1COc2ccccc2N1C(=O)CNC(=O)c1ccccc1. The van der Waals surface area contributed by atoms with E-state index >= 15 is 0 Å². The van der Waals surface area contributed by atoms with Gasteiger partial charge in [0.25, 0.3) is 5.91 Å². The third-order valence-electron chi connectivity index (χ3n) is 3.75. The van der Waals surface area contributed by atoms with Crippen LogP contribution in [0.4, 0.5) is 5.69 Å². The third-order valence-corrected chi connectivity index (χ3v) is 3.75. The van der Waals surface area contributed by atoms with Gasteiger partial charge in [-0.2, -0.15) is 0 Å². The number of nitrogens with zero attached hydrogens (tertiary/aromatic N) is 1. The Bertz CT molecular complexity index is 715. The zero-order valence-corrected chi connectivity index (χ0v) is 12.9. The standard InChI is InChI=1S/C18H18N2O3/c1-13-12-23-16-10-6-5-9-15(16)20(13)17(21)11-19-18(22)14-7-3-2-4-8-14/h2-10,13H,11-12H2,1H3,(H,19,22). The highest BCUT2D eigenvalue weighted by atomic mass is 16.5. The first-order valence-electron chi connectivity index (χ1n) is 7.54. The summed E-state index contributed by atoms with van der Waals surface area (Å²) < 4.78 is 5.63. The first-order valence-corrected chi connectivity index (χ1v) is 7.54. The molecule has 1 aliphatic rings. The Hall–Kier alpha value is -2.82. The summed E-state index contributed by atoms with van der Waals surface area (Å²) in [6.07, 6.45) is 0. The maximum atomic E-state index is 12.6. The molecule has 0 aliphatic carbocycles. The van der Waals surface area contributed by atoms with Crippen LogP contribution in [0.2, 0.25) is 0 Å². The number of benzene rings is 2. The Labute approximate surface area is 134 Å². The van der Waals surface area contributed by atoms with E-state index in [-0.39, 0.29) is 24.4 Å². The second-order valence-electron chi connectivity index (χ2n) is 5.44. The minimum Gasteiger partial charge on any atom is -0.489 e. The van der Waals surface area contributed by atoms with Gasteiger partial charge >= 0.3 is 0 Å². The Balaban J connectivity index is 1.70. The molecule has 1 atom stereocenters. The van der Waals surface area contributed by atoms with Gasteiger partial charge in [0.1, 0.15) is 12.4 Å². The monoisotopic (exact) mass is 310 g/mol. The van der Waals surface area contributed by atoms with Crippen LogP contribution in [0, 0.1) is 0 Å². The molecule has 1 aliphatic heterocycles. The average molecular weight is 310 g/mol. The van der Waals surface area contributed by atoms with E-state index in [9.17, 15) is 9.59 Å². The van der Waals surface area contributed by atoms with Gasteiger partial charge in [0.15, 0.2) is 0 Å². The molecule has 2 amide bonds. The minimum atomic E-state index is -0.256. The van der Waals surface area contributed by atoms with Crippen LogP contribution < -0.4 is 15.0 Å². The lowest BCUT2D eigenvalue weighted by atomic mass is 10.1. The lowest BCUT2D eigenvalue weighted by Crippen LogP contribution is -2.49. The summed E-state index contributed by atoms with van der Waals surface area (Å²) in [6.45, 7) is 2.31. The van der Waals surface area contributed by atoms with Gasteiger partial charge in [0.2, 0.25) is 5.91 Å². The molecule has 5 nitrogen and oxygen atoms in total. The first kappa shape index (κ1) is 15.1. The Morgan fingerprint density at radius 2 is 1.83 bits per heavy atom. The fourth-order valence-electron chi connectivity index (χ4n) is 2.61. The zero-order chi connectivity index (χ0) is 16.2. The van der Waals surface area contributed by atoms with Crippen molar-refractivity contribution in [3.8, 4) is 5.75 Å². The van der Waals surface area contributed by atoms with Crippen LogP contribution in [0.5, 0.6) is 5.75 Å². The molecule has 23 heavy (non-hydrogen) atoms. The molecular weight excluding hydrogens is 292 g/mol. The fraction of sp³-hybridized carbons (Fsp3) is 0.222. The number of ether oxygens (including phenoxy) is 1. The van der Waals surface area contributed by atoms with Crippen molar-refractivity contribution in [2.24, 2.45) is 0 Å². The normalized spacial score (nSPS) is 16.2. The molecule has 118 valence electrons. The van der Waals surface area contributed by atoms with Crippen LogP contribution in [-0.2, 0) is 4.79 Å². The molecule has 1 N–H and O–H groups in total. The van der Waals surface area contributed by atoms with Crippen LogP contribution in [0.1, 0.15) is 17.3 Å². The van der Waals surface area contributed by atoms with Gasteiger partial charge in [0.05, 0.1) is 18.3 Å². The third kappa shape index (κ3) is 3.18. The average Bonchev–Trinajstić information content (AvgIpc) is 2.60. The largest absolute Gasteiger partial charge is 0.489 e. The zero-order valence-electron chi connectivity index (χ0n) is 12.9. The minimum absolute atomic E-state index is 0.0492. The first-order chi connectivity index (χ1) is 11.2. The van der Waals surface area contributed by atoms with Crippen LogP contribution in [0.3, 0.4) is 0 Å². The van der Waals surface area contributed by atoms with E-state index in [1.807, 2.05) is 37.3 Å². The van der Waals surface area contributed by atoms with E-state index in [1.54, 1.807) is 29.2 Å². The highest BCUT2D eigenvalue weighted by Crippen LogP contribution is 2.33. The van der Waals surface area contributed by atoms with Crippen molar-refractivity contribution < 1.29 is 14.3 Å². The number of hydrogen-bond acceptors (Lipinski definition) is 3. The molecule has 0 saturated carbocycles. The van der Waals surface area contributed by atoms with E-state index in [2.05, 4.69) is 5.32 Å². The van der Waals surface area contributed by atoms with Gasteiger partial charge < -0.3 is 15.0 Å². The van der Waals surface area contributed by atoms with E-state index in [0.29, 0.717) is 17.9 Å². The summed E-state index contributed by atoms with van der Waals surface area (Å²) >= 11 is 0. The summed E-state index contributed by atoms with van der Waals surface area (Å²) in [5.41, 5.74) is 1.28. The van der Waals surface area contributed by atoms with Gasteiger partial charge in [-0.05, 0) is 31.2 Å². The summed E-state index contributed by atoms with van der Waals surface area (Å²) in [5, 5.41) is 2.68. The lowest BCUT2D eigenvalue weighted by molar-refractivity contribution is -0.118. The quantitative estimate of drug-likeness (QED) is 0.946. The molecule has 0 spiro atoms. The van der Waals surface area contributed by atoms with E-state index in [0.717, 1.165) is 5.69 Å². The molecule has 0 aromatic heterocycles. The number of carbonyl (C=O) groups excluding carboxylic acids is 2. The van der Waals surface area contributed by atoms with Gasteiger partial charge in [-0.15, -0.1) is 0 Å². The number of fused-ring (bicyclic) bond motifs is 1. The lowest BCUT2D eigenvalue weighted by Gasteiger charge is -2.35. The molecule has 0 saturated heterocycles. The van der Waals surface area contributed by atoms with Gasteiger partial charge in [-0.25, -0.2) is 0 Å². The van der Waals surface area contributed by atoms with Crippen molar-refractivity contribution in [1.82, 2.24) is 5.32 Å². The summed E-state index contributed by atoms with van der Waals surface area (Å²) in [6, 6.07) is 16.2. The topological polar surface area (TPSA) is 58.6 Å². The molecule has 1 heterocycles. The second-order valence-corrected chi connectivity index (χ2v) is 5.44. The Kier molecular flexibility index (Phi) is 4.28. The number of rotatable bonds is 3. The van der Waals surface area contributed by atoms with Gasteiger partial charge in [-0.3, -0.25) is 9.59 Å². The summed E-state index contributed by atoms with van der Waals surface area (Å²) in [4.78, 5) is 26.3. The molecule has 2 aromatic carbocycles. The number of hydrogen-bond donors (Lipinski definition) is 1. The Morgan fingerprint density at radius 3 is 2.61 bits per heavy atom. The van der Waals surface area contributed by atoms with Crippen molar-refractivity contribution in [3.05, 3.63) is 60.2 Å². The highest BCUT2D eigenvalue weighted by molar-refractivity contribution is 6.01. The molecule has 2 aromatic rings. The molecule has 1 unspecified atom stereocenters. The molecule has 0 bridgehead atoms. The maximum Gasteiger partial charge on any atom is 0.251 e. The fourth-order valence-corrected chi connectivity index (χ4v) is 2.61. The number of nitrogens with one attached hydrogen (secondary N) is 1. The van der Waals surface area contributed by atoms with E-state index in [4.69, 9.17) is 4.74 Å². The maximum absolute atomic E-state index is 12.6. The van der Waals surface area contributed by atoms with Crippen LogP contribution >= 0.6 is 0 Å². The summed E-state index contributed by atoms with van der Waals surface area (Å²) in [5.74, 6) is 0.277. The van der Waals surface area contributed by atoms with E-state index < -0.39 is 0 Å². The van der Waals surface area contributed by atoms with Crippen LogP contribution in [0.25, 0.3) is 0 Å². The molecule has 0 fully saturated rings. The van der Waals surface area contributed by atoms with Crippen molar-refractivity contribution in [3.63, 3.8) is 0 Å². The molecule has 0 radical (unpaired) electrons. The van der Waals surface area contributed by atoms with Crippen LogP contribution in [0.15, 0.2) is 54.6 Å². The molecule has 5 heteroatoms. The summed E-state index contributed by atoms with van der Waals surface area (Å²) in [7, 11) is 0. The van der Waals surface area contributed by atoms with E-state index in [1.165, 1.54) is 0 Å². The highest BCUT2D eigenvalue weighted by Gasteiger charge is 2.29. The molecular formula is C18H18N2O3. The second kappa shape index (κ2) is 6.52. The smallest absolute Gasteiger partial charge is 0.251 e. The number of amides is 2. The van der Waals surface area contributed by atoms with Crippen molar-refractivity contribution in [2.45, 2.75) is 13.0 Å². The predicted molar refractivity (Wildman–Crippen MR) is 87.7 cm³/mol. The Morgan fingerprint density at radius 1 is 1.13 bits per heavy atom. The van der Waals surface area contributed by atoms with Gasteiger partial charge in [-0.1, -0.05) is 30.3 Å². The number of anilines is 1. The van der Waals surface area contributed by atoms with Gasteiger partial charge in [0, 0.05) is 5.56 Å². The van der Waals surface area contributed by atoms with Crippen molar-refractivity contribution >= 4 is 17.5 Å². The van der Waals surface area contributed by atoms with Crippen LogP contribution in [-0.4, -0.2) is 31.0 Å². The van der Waals surface area contributed by atoms with Crippen molar-refractivity contribution in [2.75, 3.05) is 18.1 Å². The number of carbonyl (C=O) groups is 2. The molecule has 3 rings (SSSR count). The number of para-hydroxylation sites is 2. The predicted octanol–water partition coefficient (Wildman–Crippen LogP) is 2.23. The van der Waals surface area contributed by atoms with Crippen molar-refractivity contribution in [1.29, 1.82) is 0 Å².